The summed E-state index contributed by atoms with van der Waals surface area (Å²) in [6.45, 7) is 9.35. The summed E-state index contributed by atoms with van der Waals surface area (Å²) in [4.78, 5) is 20.9. The highest BCUT2D eigenvalue weighted by Gasteiger charge is 2.00. The Hall–Kier alpha value is -1.10. The van der Waals surface area contributed by atoms with E-state index in [2.05, 4.69) is 18.6 Å². The van der Waals surface area contributed by atoms with Crippen LogP contribution in [0.4, 0.5) is 0 Å². The van der Waals surface area contributed by atoms with E-state index in [1.165, 1.54) is 6.92 Å². The van der Waals surface area contributed by atoms with Crippen LogP contribution in [0.15, 0.2) is 0 Å². The number of hydrogen-bond donors (Lipinski definition) is 0. The normalized spacial score (nSPS) is 9.40. The van der Waals surface area contributed by atoms with Gasteiger partial charge in [-0.1, -0.05) is 33.6 Å². The molecule has 20 heavy (non-hydrogen) atoms. The number of esters is 2. The molecular weight excluding hydrogens is 260 g/mol. The average molecular weight is 290 g/mol. The summed E-state index contributed by atoms with van der Waals surface area (Å²) in [6.07, 6.45) is 5.00. The second-order valence-electron chi connectivity index (χ2n) is 4.32. The lowest BCUT2D eigenvalue weighted by Gasteiger charge is -2.03. The number of unbranched alkanes of at least 4 members (excludes halogenated alkanes) is 2. The van der Waals surface area contributed by atoms with E-state index in [0.29, 0.717) is 19.8 Å². The van der Waals surface area contributed by atoms with Gasteiger partial charge < -0.3 is 14.2 Å². The van der Waals surface area contributed by atoms with Crippen LogP contribution in [0, 0.1) is 0 Å². The first-order valence-corrected chi connectivity index (χ1v) is 7.45. The molecule has 0 N–H and O–H groups in total. The number of carbonyl (C=O) groups excluding carboxylic acids is 2. The summed E-state index contributed by atoms with van der Waals surface area (Å²) in [5.74, 6) is -0.439. The van der Waals surface area contributed by atoms with Crippen LogP contribution >= 0.6 is 0 Å². The van der Waals surface area contributed by atoms with Gasteiger partial charge in [0.1, 0.15) is 6.61 Å². The molecule has 0 rings (SSSR count). The van der Waals surface area contributed by atoms with Crippen molar-refractivity contribution in [2.75, 3.05) is 26.4 Å². The van der Waals surface area contributed by atoms with Crippen LogP contribution in [0.25, 0.3) is 0 Å². The van der Waals surface area contributed by atoms with Gasteiger partial charge in [0.15, 0.2) is 0 Å². The lowest BCUT2D eigenvalue weighted by Crippen LogP contribution is -2.13. The maximum Gasteiger partial charge on any atom is 0.332 e. The topological polar surface area (TPSA) is 61.8 Å². The van der Waals surface area contributed by atoms with E-state index in [0.717, 1.165) is 32.1 Å². The first-order valence-electron chi connectivity index (χ1n) is 7.45. The summed E-state index contributed by atoms with van der Waals surface area (Å²) in [5, 5.41) is 0. The van der Waals surface area contributed by atoms with Gasteiger partial charge in [0.05, 0.1) is 13.2 Å². The van der Waals surface area contributed by atoms with Gasteiger partial charge in [-0.2, -0.15) is 0 Å². The fourth-order valence-corrected chi connectivity index (χ4v) is 1.02. The van der Waals surface area contributed by atoms with Gasteiger partial charge in [0.25, 0.3) is 0 Å². The lowest BCUT2D eigenvalue weighted by atomic mass is 10.4. The second-order valence-corrected chi connectivity index (χ2v) is 4.32. The summed E-state index contributed by atoms with van der Waals surface area (Å²) in [5.41, 5.74) is 0. The number of rotatable bonds is 10. The first kappa shape index (κ1) is 21.2. The Labute approximate surface area is 123 Å². The van der Waals surface area contributed by atoms with E-state index >= 15 is 0 Å². The molecule has 0 amide bonds. The van der Waals surface area contributed by atoms with Crippen molar-refractivity contribution in [3.63, 3.8) is 0 Å². The molecule has 0 radical (unpaired) electrons. The standard InChI is InChI=1S/C9H18O3.C6H12O2/c1-3-5-7-11-8-9(10)12-6-4-2;1-3-4-5-8-6(2)7/h3-8H2,1-2H3;3-5H2,1-2H3. The van der Waals surface area contributed by atoms with Crippen molar-refractivity contribution in [2.24, 2.45) is 0 Å². The molecule has 0 saturated heterocycles. The molecule has 0 aromatic carbocycles. The molecule has 0 aromatic rings. The van der Waals surface area contributed by atoms with Gasteiger partial charge in [0, 0.05) is 13.5 Å². The molecule has 0 aliphatic rings. The third-order valence-corrected chi connectivity index (χ3v) is 2.13. The Morgan fingerprint density at radius 3 is 1.90 bits per heavy atom. The number of carbonyl (C=O) groups is 2. The molecule has 5 nitrogen and oxygen atoms in total. The highest BCUT2D eigenvalue weighted by Crippen LogP contribution is 1.89. The predicted octanol–water partition coefficient (Wildman–Crippen LogP) is 3.11. The third kappa shape index (κ3) is 22.1. The summed E-state index contributed by atoms with van der Waals surface area (Å²) >= 11 is 0. The second kappa shape index (κ2) is 17.9. The fourth-order valence-electron chi connectivity index (χ4n) is 1.02. The van der Waals surface area contributed by atoms with E-state index in [9.17, 15) is 9.59 Å². The molecular formula is C15H30O5. The molecule has 0 bridgehead atoms. The van der Waals surface area contributed by atoms with Gasteiger partial charge in [-0.15, -0.1) is 0 Å². The highest BCUT2D eigenvalue weighted by molar-refractivity contribution is 5.70. The van der Waals surface area contributed by atoms with Crippen molar-refractivity contribution in [1.82, 2.24) is 0 Å². The smallest absolute Gasteiger partial charge is 0.332 e. The molecule has 0 aliphatic heterocycles. The Morgan fingerprint density at radius 2 is 1.40 bits per heavy atom. The van der Waals surface area contributed by atoms with Gasteiger partial charge >= 0.3 is 11.9 Å². The Bertz CT molecular complexity index is 228. The third-order valence-electron chi connectivity index (χ3n) is 2.13. The van der Waals surface area contributed by atoms with Crippen molar-refractivity contribution >= 4 is 11.9 Å². The van der Waals surface area contributed by atoms with Gasteiger partial charge in [0.2, 0.25) is 0 Å². The van der Waals surface area contributed by atoms with Crippen LogP contribution in [0.2, 0.25) is 0 Å². The molecule has 0 saturated carbocycles. The van der Waals surface area contributed by atoms with Crippen molar-refractivity contribution < 1.29 is 23.8 Å². The van der Waals surface area contributed by atoms with Crippen molar-refractivity contribution in [3.05, 3.63) is 0 Å². The Morgan fingerprint density at radius 1 is 0.800 bits per heavy atom. The van der Waals surface area contributed by atoms with E-state index in [4.69, 9.17) is 9.47 Å². The van der Waals surface area contributed by atoms with Crippen molar-refractivity contribution in [2.45, 2.75) is 59.8 Å². The molecule has 0 heterocycles. The van der Waals surface area contributed by atoms with E-state index in [1.54, 1.807) is 0 Å². The van der Waals surface area contributed by atoms with Crippen LogP contribution in [0.1, 0.15) is 59.8 Å². The van der Waals surface area contributed by atoms with E-state index in [-0.39, 0.29) is 18.5 Å². The minimum absolute atomic E-state index is 0.0972. The zero-order chi connectivity index (χ0) is 15.6. The quantitative estimate of drug-likeness (QED) is 0.457. The average Bonchev–Trinajstić information content (AvgIpc) is 2.42. The van der Waals surface area contributed by atoms with Crippen LogP contribution < -0.4 is 0 Å². The molecule has 0 spiro atoms. The summed E-state index contributed by atoms with van der Waals surface area (Å²) in [7, 11) is 0. The zero-order valence-corrected chi connectivity index (χ0v) is 13.4. The van der Waals surface area contributed by atoms with Crippen LogP contribution in [-0.2, 0) is 23.8 Å². The Balaban J connectivity index is 0. The lowest BCUT2D eigenvalue weighted by molar-refractivity contribution is -0.149. The van der Waals surface area contributed by atoms with Crippen LogP contribution in [-0.4, -0.2) is 38.4 Å². The minimum Gasteiger partial charge on any atom is -0.466 e. The van der Waals surface area contributed by atoms with Crippen LogP contribution in [0.3, 0.4) is 0 Å². The van der Waals surface area contributed by atoms with E-state index < -0.39 is 0 Å². The molecule has 0 unspecified atom stereocenters. The van der Waals surface area contributed by atoms with Crippen LogP contribution in [0.5, 0.6) is 0 Å². The number of ether oxygens (including phenoxy) is 3. The largest absolute Gasteiger partial charge is 0.466 e. The van der Waals surface area contributed by atoms with Gasteiger partial charge in [-0.25, -0.2) is 4.79 Å². The van der Waals surface area contributed by atoms with Crippen molar-refractivity contribution in [1.29, 1.82) is 0 Å². The molecule has 120 valence electrons. The molecule has 0 aromatic heterocycles. The molecule has 0 fully saturated rings. The van der Waals surface area contributed by atoms with Gasteiger partial charge in [-0.05, 0) is 19.3 Å². The monoisotopic (exact) mass is 290 g/mol. The molecule has 0 aliphatic carbocycles. The molecule has 0 atom stereocenters. The highest BCUT2D eigenvalue weighted by atomic mass is 16.6. The fraction of sp³-hybridized carbons (Fsp3) is 0.867. The maximum atomic E-state index is 10.8. The van der Waals surface area contributed by atoms with Crippen molar-refractivity contribution in [3.8, 4) is 0 Å². The first-order chi connectivity index (χ1) is 9.58. The zero-order valence-electron chi connectivity index (χ0n) is 13.4. The SMILES string of the molecule is CCCCOC(C)=O.CCCCOCC(=O)OCCC. The Kier molecular flexibility index (Phi) is 19.0. The maximum absolute atomic E-state index is 10.8. The summed E-state index contributed by atoms with van der Waals surface area (Å²) < 4.78 is 14.5. The predicted molar refractivity (Wildman–Crippen MR) is 78.5 cm³/mol. The molecule has 5 heteroatoms. The van der Waals surface area contributed by atoms with E-state index in [1.807, 2.05) is 6.92 Å². The minimum atomic E-state index is -0.257. The number of hydrogen-bond acceptors (Lipinski definition) is 5. The van der Waals surface area contributed by atoms with Gasteiger partial charge in [-0.3, -0.25) is 4.79 Å². The summed E-state index contributed by atoms with van der Waals surface area (Å²) in [6, 6.07) is 0.